The number of carbonyl (C=O) groups excluding carboxylic acids is 1. The summed E-state index contributed by atoms with van der Waals surface area (Å²) in [7, 11) is 0. The SMILES string of the molecule is C/C(=N\NC(=O)CNc1ccc2ccccc2c1)c1ccc(C)cc1. The number of nitrogens with one attached hydrogen (secondary N) is 2. The second-order valence-corrected chi connectivity index (χ2v) is 6.01. The number of carbonyl (C=O) groups is 1. The maximum absolute atomic E-state index is 12.0. The van der Waals surface area contributed by atoms with E-state index in [1.807, 2.05) is 68.4 Å². The first-order valence-electron chi connectivity index (χ1n) is 8.25. The van der Waals surface area contributed by atoms with Crippen molar-refractivity contribution in [1.29, 1.82) is 0 Å². The number of aryl methyl sites for hydroxylation is 1. The molecule has 25 heavy (non-hydrogen) atoms. The van der Waals surface area contributed by atoms with E-state index in [4.69, 9.17) is 0 Å². The molecule has 3 aromatic rings. The molecule has 0 bridgehead atoms. The van der Waals surface area contributed by atoms with E-state index in [1.54, 1.807) is 0 Å². The smallest absolute Gasteiger partial charge is 0.259 e. The summed E-state index contributed by atoms with van der Waals surface area (Å²) in [6.07, 6.45) is 0. The van der Waals surface area contributed by atoms with Gasteiger partial charge in [-0.2, -0.15) is 5.10 Å². The molecule has 3 rings (SSSR count). The molecule has 0 radical (unpaired) electrons. The predicted molar refractivity (Wildman–Crippen MR) is 104 cm³/mol. The molecule has 2 N–H and O–H groups in total. The second-order valence-electron chi connectivity index (χ2n) is 6.01. The van der Waals surface area contributed by atoms with Crippen LogP contribution in [-0.2, 0) is 4.79 Å². The highest BCUT2D eigenvalue weighted by atomic mass is 16.2. The largest absolute Gasteiger partial charge is 0.376 e. The van der Waals surface area contributed by atoms with Crippen LogP contribution in [-0.4, -0.2) is 18.2 Å². The fourth-order valence-corrected chi connectivity index (χ4v) is 2.53. The lowest BCUT2D eigenvalue weighted by molar-refractivity contribution is -0.119. The summed E-state index contributed by atoms with van der Waals surface area (Å²) in [6.45, 7) is 4.08. The quantitative estimate of drug-likeness (QED) is 0.546. The van der Waals surface area contributed by atoms with Crippen LogP contribution in [0.3, 0.4) is 0 Å². The first kappa shape index (κ1) is 16.7. The standard InChI is InChI=1S/C21H21N3O/c1-15-7-9-17(10-8-15)16(2)23-24-21(25)14-22-20-12-11-18-5-3-4-6-19(18)13-20/h3-13,22H,14H2,1-2H3,(H,24,25)/b23-16+. The first-order chi connectivity index (χ1) is 12.1. The molecule has 0 saturated carbocycles. The number of hydrogen-bond donors (Lipinski definition) is 2. The highest BCUT2D eigenvalue weighted by Crippen LogP contribution is 2.18. The molecule has 0 heterocycles. The van der Waals surface area contributed by atoms with Gasteiger partial charge in [0.1, 0.15) is 0 Å². The van der Waals surface area contributed by atoms with Crippen LogP contribution in [0.2, 0.25) is 0 Å². The summed E-state index contributed by atoms with van der Waals surface area (Å²) in [4.78, 5) is 12.0. The lowest BCUT2D eigenvalue weighted by Gasteiger charge is -2.07. The second kappa shape index (κ2) is 7.62. The Bertz CT molecular complexity index is 914. The third-order valence-electron chi connectivity index (χ3n) is 4.02. The van der Waals surface area contributed by atoms with Crippen molar-refractivity contribution in [3.8, 4) is 0 Å². The Hall–Kier alpha value is -3.14. The number of anilines is 1. The summed E-state index contributed by atoms with van der Waals surface area (Å²) in [5.74, 6) is -0.181. The van der Waals surface area contributed by atoms with E-state index in [9.17, 15) is 4.79 Å². The van der Waals surface area contributed by atoms with Crippen molar-refractivity contribution in [2.24, 2.45) is 5.10 Å². The Balaban J connectivity index is 1.56. The van der Waals surface area contributed by atoms with Crippen LogP contribution in [0.25, 0.3) is 10.8 Å². The number of fused-ring (bicyclic) bond motifs is 1. The summed E-state index contributed by atoms with van der Waals surface area (Å²) < 4.78 is 0. The zero-order valence-corrected chi connectivity index (χ0v) is 14.4. The molecule has 126 valence electrons. The van der Waals surface area contributed by atoms with Crippen LogP contribution in [0.1, 0.15) is 18.1 Å². The van der Waals surface area contributed by atoms with Crippen molar-refractivity contribution in [3.63, 3.8) is 0 Å². The highest BCUT2D eigenvalue weighted by Gasteiger charge is 2.02. The van der Waals surface area contributed by atoms with Crippen molar-refractivity contribution < 1.29 is 4.79 Å². The van der Waals surface area contributed by atoms with Crippen LogP contribution in [0, 0.1) is 6.92 Å². The Kier molecular flexibility index (Phi) is 5.09. The topological polar surface area (TPSA) is 53.5 Å². The van der Waals surface area contributed by atoms with E-state index < -0.39 is 0 Å². The molecule has 0 saturated heterocycles. The minimum Gasteiger partial charge on any atom is -0.376 e. The van der Waals surface area contributed by atoms with Crippen molar-refractivity contribution >= 4 is 28.1 Å². The van der Waals surface area contributed by atoms with Gasteiger partial charge in [-0.3, -0.25) is 4.79 Å². The lowest BCUT2D eigenvalue weighted by atomic mass is 10.1. The summed E-state index contributed by atoms with van der Waals surface area (Å²) >= 11 is 0. The van der Waals surface area contributed by atoms with E-state index in [0.29, 0.717) is 0 Å². The highest BCUT2D eigenvalue weighted by molar-refractivity contribution is 5.99. The van der Waals surface area contributed by atoms with Crippen LogP contribution < -0.4 is 10.7 Å². The van der Waals surface area contributed by atoms with Gasteiger partial charge in [0.2, 0.25) is 0 Å². The number of rotatable bonds is 5. The van der Waals surface area contributed by atoms with Gasteiger partial charge < -0.3 is 5.32 Å². The van der Waals surface area contributed by atoms with Gasteiger partial charge in [-0.1, -0.05) is 60.2 Å². The van der Waals surface area contributed by atoms with Gasteiger partial charge in [0, 0.05) is 5.69 Å². The van der Waals surface area contributed by atoms with Gasteiger partial charge in [0.05, 0.1) is 12.3 Å². The maximum Gasteiger partial charge on any atom is 0.259 e. The Morgan fingerprint density at radius 1 is 0.960 bits per heavy atom. The molecule has 0 spiro atoms. The molecule has 0 aliphatic carbocycles. The Morgan fingerprint density at radius 2 is 1.68 bits per heavy atom. The fraction of sp³-hybridized carbons (Fsp3) is 0.143. The van der Waals surface area contributed by atoms with Gasteiger partial charge in [0.15, 0.2) is 0 Å². The molecule has 1 amide bonds. The maximum atomic E-state index is 12.0. The van der Waals surface area contributed by atoms with Gasteiger partial charge in [-0.25, -0.2) is 5.43 Å². The number of hydrogen-bond acceptors (Lipinski definition) is 3. The number of nitrogens with zero attached hydrogens (tertiary/aromatic N) is 1. The molecule has 0 atom stereocenters. The molecule has 0 unspecified atom stereocenters. The number of benzene rings is 3. The summed E-state index contributed by atoms with van der Waals surface area (Å²) in [5.41, 5.74) is 6.47. The van der Waals surface area contributed by atoms with Gasteiger partial charge >= 0.3 is 0 Å². The minimum atomic E-state index is -0.181. The zero-order chi connectivity index (χ0) is 17.6. The van der Waals surface area contributed by atoms with Gasteiger partial charge in [-0.05, 0) is 42.3 Å². The molecule has 4 heteroatoms. The molecule has 0 aliphatic heterocycles. The Morgan fingerprint density at radius 3 is 2.44 bits per heavy atom. The average Bonchev–Trinajstić information content (AvgIpc) is 2.65. The van der Waals surface area contributed by atoms with Gasteiger partial charge in [-0.15, -0.1) is 0 Å². The molecular weight excluding hydrogens is 310 g/mol. The fourth-order valence-electron chi connectivity index (χ4n) is 2.53. The number of hydrazone groups is 1. The predicted octanol–water partition coefficient (Wildman–Crippen LogP) is 4.10. The molecule has 4 nitrogen and oxygen atoms in total. The summed E-state index contributed by atoms with van der Waals surface area (Å²) in [5, 5.41) is 9.61. The molecule has 0 fully saturated rings. The van der Waals surface area contributed by atoms with Crippen LogP contribution in [0.15, 0.2) is 71.8 Å². The minimum absolute atomic E-state index is 0.170. The van der Waals surface area contributed by atoms with E-state index in [2.05, 4.69) is 28.0 Å². The average molecular weight is 331 g/mol. The van der Waals surface area contributed by atoms with E-state index in [1.165, 1.54) is 10.9 Å². The van der Waals surface area contributed by atoms with Crippen molar-refractivity contribution in [1.82, 2.24) is 5.43 Å². The van der Waals surface area contributed by atoms with Crippen LogP contribution >= 0.6 is 0 Å². The monoisotopic (exact) mass is 331 g/mol. The van der Waals surface area contributed by atoms with Crippen LogP contribution in [0.4, 0.5) is 5.69 Å². The Labute approximate surface area is 147 Å². The number of amides is 1. The van der Waals surface area contributed by atoms with Crippen LogP contribution in [0.5, 0.6) is 0 Å². The van der Waals surface area contributed by atoms with Crippen molar-refractivity contribution in [3.05, 3.63) is 77.9 Å². The van der Waals surface area contributed by atoms with E-state index in [-0.39, 0.29) is 12.5 Å². The molecule has 3 aromatic carbocycles. The van der Waals surface area contributed by atoms with E-state index >= 15 is 0 Å². The van der Waals surface area contributed by atoms with Crippen molar-refractivity contribution in [2.45, 2.75) is 13.8 Å². The molecule has 0 aromatic heterocycles. The lowest BCUT2D eigenvalue weighted by Crippen LogP contribution is -2.26. The third kappa shape index (κ3) is 4.44. The first-order valence-corrected chi connectivity index (χ1v) is 8.25. The summed E-state index contributed by atoms with van der Waals surface area (Å²) in [6, 6.07) is 22.2. The normalized spacial score (nSPS) is 11.4. The molecular formula is C21H21N3O. The third-order valence-corrected chi connectivity index (χ3v) is 4.02. The van der Waals surface area contributed by atoms with E-state index in [0.717, 1.165) is 22.3 Å². The van der Waals surface area contributed by atoms with Crippen molar-refractivity contribution in [2.75, 3.05) is 11.9 Å². The van der Waals surface area contributed by atoms with Gasteiger partial charge in [0.25, 0.3) is 5.91 Å². The zero-order valence-electron chi connectivity index (χ0n) is 14.4. The molecule has 0 aliphatic rings.